The van der Waals surface area contributed by atoms with E-state index in [0.717, 1.165) is 38.5 Å². The van der Waals surface area contributed by atoms with Gasteiger partial charge in [-0.2, -0.15) is 0 Å². The number of hydrogen-bond acceptors (Lipinski definition) is 5. The number of rotatable bonds is 38. The van der Waals surface area contributed by atoms with Gasteiger partial charge in [0.2, 0.25) is 0 Å². The Morgan fingerprint density at radius 1 is 0.458 bits per heavy atom. The zero-order chi connectivity index (χ0) is 35.0. The van der Waals surface area contributed by atoms with Crippen molar-refractivity contribution in [3.8, 4) is 0 Å². The molecule has 0 unspecified atom stereocenters. The third-order valence-electron chi connectivity index (χ3n) is 9.22. The lowest BCUT2D eigenvalue weighted by atomic mass is 10.1. The second-order valence-corrected chi connectivity index (χ2v) is 14.1. The Balaban J connectivity index is 3.52. The minimum absolute atomic E-state index is 0.0654. The van der Waals surface area contributed by atoms with Crippen LogP contribution in [-0.2, 0) is 19.1 Å². The van der Waals surface area contributed by atoms with Gasteiger partial charge in [0, 0.05) is 12.8 Å². The van der Waals surface area contributed by atoms with Gasteiger partial charge in [0.25, 0.3) is 0 Å². The largest absolute Gasteiger partial charge is 0.462 e. The van der Waals surface area contributed by atoms with E-state index < -0.39 is 6.10 Å². The highest BCUT2D eigenvalue weighted by molar-refractivity contribution is 5.70. The summed E-state index contributed by atoms with van der Waals surface area (Å²) >= 11 is 0. The Kier molecular flexibility index (Phi) is 38.5. The molecular formula is C43H80O5. The van der Waals surface area contributed by atoms with Crippen molar-refractivity contribution in [3.63, 3.8) is 0 Å². The lowest BCUT2D eigenvalue weighted by Crippen LogP contribution is -2.28. The molecule has 5 heteroatoms. The summed E-state index contributed by atoms with van der Waals surface area (Å²) in [5, 5.41) is 9.56. The Morgan fingerprint density at radius 3 is 1.15 bits per heavy atom. The van der Waals surface area contributed by atoms with E-state index in [9.17, 15) is 14.7 Å². The minimum Gasteiger partial charge on any atom is -0.462 e. The molecule has 0 aliphatic rings. The molecule has 0 saturated heterocycles. The fourth-order valence-corrected chi connectivity index (χ4v) is 6.01. The van der Waals surface area contributed by atoms with Crippen molar-refractivity contribution in [1.29, 1.82) is 0 Å². The SMILES string of the molecule is CCCCCC/C=C/CCCCCCCCCC(=O)O[C@@H](CO)COC(=O)CCCCCCCCCCC/C=C/CCCCCCCC. The maximum Gasteiger partial charge on any atom is 0.306 e. The molecule has 0 bridgehead atoms. The van der Waals surface area contributed by atoms with Crippen LogP contribution >= 0.6 is 0 Å². The first-order valence-electron chi connectivity index (χ1n) is 20.9. The van der Waals surface area contributed by atoms with Gasteiger partial charge in [-0.3, -0.25) is 9.59 Å². The van der Waals surface area contributed by atoms with Crippen LogP contribution in [0.1, 0.15) is 219 Å². The van der Waals surface area contributed by atoms with E-state index in [4.69, 9.17) is 9.47 Å². The van der Waals surface area contributed by atoms with Crippen LogP contribution in [0.5, 0.6) is 0 Å². The molecule has 0 aromatic carbocycles. The van der Waals surface area contributed by atoms with Gasteiger partial charge >= 0.3 is 11.9 Å². The molecule has 0 aromatic heterocycles. The van der Waals surface area contributed by atoms with Gasteiger partial charge in [-0.15, -0.1) is 0 Å². The Hall–Kier alpha value is -1.62. The van der Waals surface area contributed by atoms with Crippen LogP contribution in [0.2, 0.25) is 0 Å². The number of carbonyl (C=O) groups is 2. The molecule has 0 aliphatic carbocycles. The topological polar surface area (TPSA) is 72.8 Å². The van der Waals surface area contributed by atoms with Crippen LogP contribution in [0.15, 0.2) is 24.3 Å². The number of unbranched alkanes of at least 4 members (excludes halogenated alkanes) is 26. The molecular weight excluding hydrogens is 596 g/mol. The highest BCUT2D eigenvalue weighted by atomic mass is 16.6. The van der Waals surface area contributed by atoms with Crippen molar-refractivity contribution in [2.24, 2.45) is 0 Å². The summed E-state index contributed by atoms with van der Waals surface area (Å²) in [4.78, 5) is 24.3. The van der Waals surface area contributed by atoms with Crippen LogP contribution in [0.3, 0.4) is 0 Å². The second-order valence-electron chi connectivity index (χ2n) is 14.1. The highest BCUT2D eigenvalue weighted by Crippen LogP contribution is 2.14. The number of aliphatic hydroxyl groups excluding tert-OH is 1. The number of ether oxygens (including phenoxy) is 2. The molecule has 0 radical (unpaired) electrons. The van der Waals surface area contributed by atoms with Gasteiger partial charge in [0.15, 0.2) is 6.10 Å². The third kappa shape index (κ3) is 37.2. The number of esters is 2. The number of allylic oxidation sites excluding steroid dienone is 4. The van der Waals surface area contributed by atoms with Gasteiger partial charge in [-0.05, 0) is 64.2 Å². The van der Waals surface area contributed by atoms with Gasteiger partial charge in [-0.25, -0.2) is 0 Å². The number of carbonyl (C=O) groups excluding carboxylic acids is 2. The van der Waals surface area contributed by atoms with Crippen molar-refractivity contribution < 1.29 is 24.2 Å². The lowest BCUT2D eigenvalue weighted by Gasteiger charge is -2.15. The molecule has 0 spiro atoms. The Morgan fingerprint density at radius 2 is 0.771 bits per heavy atom. The van der Waals surface area contributed by atoms with Gasteiger partial charge in [-0.1, -0.05) is 167 Å². The van der Waals surface area contributed by atoms with E-state index >= 15 is 0 Å². The molecule has 0 rings (SSSR count). The molecule has 0 saturated carbocycles. The average Bonchev–Trinajstić information content (AvgIpc) is 3.09. The van der Waals surface area contributed by atoms with E-state index in [1.54, 1.807) is 0 Å². The summed E-state index contributed by atoms with van der Waals surface area (Å²) in [5.41, 5.74) is 0. The van der Waals surface area contributed by atoms with Crippen molar-refractivity contribution in [3.05, 3.63) is 24.3 Å². The van der Waals surface area contributed by atoms with Gasteiger partial charge in [0.05, 0.1) is 6.61 Å². The molecule has 1 atom stereocenters. The zero-order valence-corrected chi connectivity index (χ0v) is 32.0. The molecule has 0 fully saturated rings. The predicted molar refractivity (Wildman–Crippen MR) is 205 cm³/mol. The first-order chi connectivity index (χ1) is 23.6. The first-order valence-corrected chi connectivity index (χ1v) is 20.9. The molecule has 0 heterocycles. The standard InChI is InChI=1S/C43H80O5/c1-3-5-7-9-11-13-15-17-19-20-21-22-24-25-27-29-31-33-35-37-42(45)47-40-41(39-44)48-43(46)38-36-34-32-30-28-26-23-18-16-14-12-10-8-6-4-2/h14,16-17,19,41,44H,3-13,15,18,20-40H2,1-2H3/b16-14+,19-17+/t41-/m0/s1. The molecule has 0 amide bonds. The Labute approximate surface area is 298 Å². The fourth-order valence-electron chi connectivity index (χ4n) is 6.01. The molecule has 0 aromatic rings. The first kappa shape index (κ1) is 46.4. The number of hydrogen-bond donors (Lipinski definition) is 1. The van der Waals surface area contributed by atoms with Crippen molar-refractivity contribution in [2.45, 2.75) is 225 Å². The normalized spacial score (nSPS) is 12.3. The summed E-state index contributed by atoms with van der Waals surface area (Å²) in [5.74, 6) is -0.592. The summed E-state index contributed by atoms with van der Waals surface area (Å²) in [6, 6.07) is 0. The van der Waals surface area contributed by atoms with Crippen molar-refractivity contribution >= 4 is 11.9 Å². The smallest absolute Gasteiger partial charge is 0.306 e. The molecule has 5 nitrogen and oxygen atoms in total. The second kappa shape index (κ2) is 39.8. The zero-order valence-electron chi connectivity index (χ0n) is 32.0. The summed E-state index contributed by atoms with van der Waals surface area (Å²) in [6.07, 6.45) is 46.7. The minimum atomic E-state index is -0.770. The van der Waals surface area contributed by atoms with Crippen LogP contribution in [0.25, 0.3) is 0 Å². The average molecular weight is 677 g/mol. The van der Waals surface area contributed by atoms with Crippen LogP contribution in [0.4, 0.5) is 0 Å². The summed E-state index contributed by atoms with van der Waals surface area (Å²) in [6.45, 7) is 4.13. The quantitative estimate of drug-likeness (QED) is 0.0400. The van der Waals surface area contributed by atoms with E-state index in [1.165, 1.54) is 154 Å². The maximum absolute atomic E-state index is 12.2. The highest BCUT2D eigenvalue weighted by Gasteiger charge is 2.16. The van der Waals surface area contributed by atoms with Gasteiger partial charge < -0.3 is 14.6 Å². The Bertz CT molecular complexity index is 731. The lowest BCUT2D eigenvalue weighted by molar-refractivity contribution is -0.161. The van der Waals surface area contributed by atoms with Crippen LogP contribution in [0, 0.1) is 0 Å². The van der Waals surface area contributed by atoms with E-state index in [1.807, 2.05) is 0 Å². The fraction of sp³-hybridized carbons (Fsp3) is 0.860. The van der Waals surface area contributed by atoms with Crippen molar-refractivity contribution in [2.75, 3.05) is 13.2 Å². The number of aliphatic hydroxyl groups is 1. The predicted octanol–water partition coefficient (Wildman–Crippen LogP) is 13.1. The molecule has 282 valence electrons. The third-order valence-corrected chi connectivity index (χ3v) is 9.22. The summed E-state index contributed by atoms with van der Waals surface area (Å²) < 4.78 is 10.6. The monoisotopic (exact) mass is 677 g/mol. The molecule has 0 aliphatic heterocycles. The van der Waals surface area contributed by atoms with Crippen LogP contribution < -0.4 is 0 Å². The molecule has 48 heavy (non-hydrogen) atoms. The van der Waals surface area contributed by atoms with Crippen LogP contribution in [-0.4, -0.2) is 36.4 Å². The van der Waals surface area contributed by atoms with E-state index in [0.29, 0.717) is 12.8 Å². The maximum atomic E-state index is 12.2. The molecule has 1 N–H and O–H groups in total. The summed E-state index contributed by atoms with van der Waals surface area (Å²) in [7, 11) is 0. The van der Waals surface area contributed by atoms with E-state index in [2.05, 4.69) is 38.2 Å². The van der Waals surface area contributed by atoms with Gasteiger partial charge in [0.1, 0.15) is 6.61 Å². The van der Waals surface area contributed by atoms with E-state index in [-0.39, 0.29) is 25.2 Å². The van der Waals surface area contributed by atoms with Crippen molar-refractivity contribution in [1.82, 2.24) is 0 Å².